The Morgan fingerprint density at radius 3 is 2.10 bits per heavy atom. The van der Waals surface area contributed by atoms with Crippen molar-refractivity contribution in [2.24, 2.45) is 0 Å². The van der Waals surface area contributed by atoms with Crippen LogP contribution in [-0.2, 0) is 20.7 Å². The van der Waals surface area contributed by atoms with Crippen molar-refractivity contribution in [1.29, 1.82) is 0 Å². The number of hydrogen-bond donors (Lipinski definition) is 1. The minimum atomic E-state index is -1.03. The molecule has 0 aliphatic heterocycles. The molecule has 0 unspecified atom stereocenters. The van der Waals surface area contributed by atoms with Crippen molar-refractivity contribution in [3.63, 3.8) is 0 Å². The number of benzene rings is 1. The Kier molecular flexibility index (Phi) is 8.79. The summed E-state index contributed by atoms with van der Waals surface area (Å²) in [4.78, 5) is 20.7. The number of aliphatic carboxylic acids is 1. The maximum atomic E-state index is 11.0. The van der Waals surface area contributed by atoms with Crippen LogP contribution < -0.4 is 0 Å². The highest BCUT2D eigenvalue weighted by Crippen LogP contribution is 2.06. The quantitative estimate of drug-likeness (QED) is 0.515. The number of carbonyl (C=O) groups is 2. The van der Waals surface area contributed by atoms with Crippen LogP contribution in [0.15, 0.2) is 54.6 Å². The van der Waals surface area contributed by atoms with E-state index in [2.05, 4.69) is 17.9 Å². The first-order valence-corrected chi connectivity index (χ1v) is 6.22. The van der Waals surface area contributed by atoms with E-state index in [0.29, 0.717) is 12.0 Å². The van der Waals surface area contributed by atoms with E-state index in [-0.39, 0.29) is 17.4 Å². The number of carboxylic acids is 1. The molecule has 0 saturated heterocycles. The highest BCUT2D eigenvalue weighted by molar-refractivity contribution is 6.22. The van der Waals surface area contributed by atoms with Gasteiger partial charge < -0.3 is 9.84 Å². The maximum absolute atomic E-state index is 11.0. The van der Waals surface area contributed by atoms with Crippen LogP contribution in [0.5, 0.6) is 0 Å². The van der Waals surface area contributed by atoms with E-state index < -0.39 is 5.97 Å². The predicted octanol–water partition coefficient (Wildman–Crippen LogP) is 2.82. The van der Waals surface area contributed by atoms with Gasteiger partial charge in [-0.15, -0.1) is 11.6 Å². The lowest BCUT2D eigenvalue weighted by Crippen LogP contribution is -2.05. The van der Waals surface area contributed by atoms with Gasteiger partial charge in [-0.25, -0.2) is 9.59 Å². The number of ether oxygens (including phenoxy) is 1. The minimum Gasteiger partial charge on any atom is -0.478 e. The van der Waals surface area contributed by atoms with Crippen molar-refractivity contribution in [3.05, 3.63) is 60.2 Å². The first-order chi connectivity index (χ1) is 9.42. The SMILES string of the molecule is C=C(CCl)C(=O)O.C=C(Cc1ccccc1)C(=O)OC. The number of carbonyl (C=O) groups excluding carboxylic acids is 1. The second kappa shape index (κ2) is 9.81. The highest BCUT2D eigenvalue weighted by Gasteiger charge is 2.06. The molecule has 0 saturated carbocycles. The number of alkyl halides is 1. The van der Waals surface area contributed by atoms with Gasteiger partial charge in [-0.2, -0.15) is 0 Å². The monoisotopic (exact) mass is 296 g/mol. The summed E-state index contributed by atoms with van der Waals surface area (Å²) in [6.45, 7) is 6.79. The number of rotatable bonds is 5. The summed E-state index contributed by atoms with van der Waals surface area (Å²) in [5.74, 6) is -1.38. The molecule has 1 aromatic rings. The van der Waals surface area contributed by atoms with Crippen molar-refractivity contribution in [2.75, 3.05) is 13.0 Å². The van der Waals surface area contributed by atoms with Gasteiger partial charge in [-0.3, -0.25) is 0 Å². The summed E-state index contributed by atoms with van der Waals surface area (Å²) in [7, 11) is 1.36. The summed E-state index contributed by atoms with van der Waals surface area (Å²) >= 11 is 5.07. The van der Waals surface area contributed by atoms with E-state index in [9.17, 15) is 9.59 Å². The third-order valence-corrected chi connectivity index (χ3v) is 2.52. The summed E-state index contributed by atoms with van der Waals surface area (Å²) in [6, 6.07) is 9.70. The van der Waals surface area contributed by atoms with Gasteiger partial charge >= 0.3 is 11.9 Å². The molecule has 0 aliphatic carbocycles. The second-order valence-corrected chi connectivity index (χ2v) is 4.07. The molecule has 5 heteroatoms. The van der Waals surface area contributed by atoms with Gasteiger partial charge in [0.05, 0.1) is 13.0 Å². The molecule has 0 fully saturated rings. The molecule has 108 valence electrons. The van der Waals surface area contributed by atoms with Gasteiger partial charge in [0, 0.05) is 17.6 Å². The molecule has 1 N–H and O–H groups in total. The van der Waals surface area contributed by atoms with E-state index in [1.807, 2.05) is 30.3 Å². The molecule has 0 bridgehead atoms. The maximum Gasteiger partial charge on any atom is 0.333 e. The third kappa shape index (κ3) is 7.38. The second-order valence-electron chi connectivity index (χ2n) is 3.80. The molecule has 0 aliphatic rings. The number of methoxy groups -OCH3 is 1. The van der Waals surface area contributed by atoms with E-state index in [1.54, 1.807) is 0 Å². The van der Waals surface area contributed by atoms with Gasteiger partial charge in [-0.1, -0.05) is 43.5 Å². The molecule has 0 atom stereocenters. The third-order valence-electron chi connectivity index (χ3n) is 2.20. The molecule has 0 radical (unpaired) electrons. The smallest absolute Gasteiger partial charge is 0.333 e. The van der Waals surface area contributed by atoms with Crippen molar-refractivity contribution >= 4 is 23.5 Å². The summed E-state index contributed by atoms with van der Waals surface area (Å²) in [5.41, 5.74) is 1.58. The molecule has 20 heavy (non-hydrogen) atoms. The average molecular weight is 297 g/mol. The normalized spacial score (nSPS) is 8.90. The fraction of sp³-hybridized carbons (Fsp3) is 0.200. The van der Waals surface area contributed by atoms with E-state index in [0.717, 1.165) is 5.56 Å². The zero-order valence-electron chi connectivity index (χ0n) is 11.3. The standard InChI is InChI=1S/C11H12O2.C4H5ClO2/c1-9(11(12)13-2)8-10-6-4-3-5-7-10;1-3(2-5)4(6)7/h3-7H,1,8H2,2H3;1-2H2,(H,6,7). The highest BCUT2D eigenvalue weighted by atomic mass is 35.5. The first-order valence-electron chi connectivity index (χ1n) is 5.69. The van der Waals surface area contributed by atoms with E-state index in [1.165, 1.54) is 7.11 Å². The van der Waals surface area contributed by atoms with Crippen molar-refractivity contribution in [1.82, 2.24) is 0 Å². The number of carboxylic acid groups (broad SMARTS) is 1. The molecule has 1 rings (SSSR count). The van der Waals surface area contributed by atoms with Crippen LogP contribution in [0.2, 0.25) is 0 Å². The van der Waals surface area contributed by atoms with Crippen LogP contribution in [-0.4, -0.2) is 30.0 Å². The van der Waals surface area contributed by atoms with Crippen molar-refractivity contribution < 1.29 is 19.4 Å². The van der Waals surface area contributed by atoms with Crippen LogP contribution in [0, 0.1) is 0 Å². The van der Waals surface area contributed by atoms with Gasteiger partial charge in [0.2, 0.25) is 0 Å². The Morgan fingerprint density at radius 2 is 1.75 bits per heavy atom. The molecule has 0 spiro atoms. The zero-order chi connectivity index (χ0) is 15.5. The summed E-state index contributed by atoms with van der Waals surface area (Å²) < 4.78 is 4.55. The average Bonchev–Trinajstić information content (AvgIpc) is 2.47. The van der Waals surface area contributed by atoms with Crippen molar-refractivity contribution in [3.8, 4) is 0 Å². The number of esters is 1. The van der Waals surface area contributed by atoms with Crippen LogP contribution in [0.1, 0.15) is 5.56 Å². The first kappa shape index (κ1) is 17.9. The summed E-state index contributed by atoms with van der Waals surface area (Å²) in [5, 5.41) is 8.00. The van der Waals surface area contributed by atoms with Crippen LogP contribution in [0.25, 0.3) is 0 Å². The van der Waals surface area contributed by atoms with E-state index >= 15 is 0 Å². The Morgan fingerprint density at radius 1 is 1.20 bits per heavy atom. The molecule has 0 heterocycles. The molecule has 0 amide bonds. The van der Waals surface area contributed by atoms with Crippen LogP contribution >= 0.6 is 11.6 Å². The molecular weight excluding hydrogens is 280 g/mol. The topological polar surface area (TPSA) is 63.6 Å². The van der Waals surface area contributed by atoms with Crippen LogP contribution in [0.3, 0.4) is 0 Å². The lowest BCUT2D eigenvalue weighted by molar-refractivity contribution is -0.136. The lowest BCUT2D eigenvalue weighted by Gasteiger charge is -2.02. The number of hydrogen-bond acceptors (Lipinski definition) is 3. The Hall–Kier alpha value is -2.07. The Labute approximate surface area is 123 Å². The van der Waals surface area contributed by atoms with Crippen LogP contribution in [0.4, 0.5) is 0 Å². The minimum absolute atomic E-state index is 0.00463. The number of halogens is 1. The largest absolute Gasteiger partial charge is 0.478 e. The fourth-order valence-corrected chi connectivity index (χ4v) is 1.23. The Balaban J connectivity index is 0.000000441. The molecule has 0 aromatic heterocycles. The molecular formula is C15H17ClO4. The van der Waals surface area contributed by atoms with Crippen molar-refractivity contribution in [2.45, 2.75) is 6.42 Å². The zero-order valence-corrected chi connectivity index (χ0v) is 12.0. The Bertz CT molecular complexity index is 480. The summed E-state index contributed by atoms with van der Waals surface area (Å²) in [6.07, 6.45) is 0.549. The molecule has 4 nitrogen and oxygen atoms in total. The molecule has 1 aromatic carbocycles. The fourth-order valence-electron chi connectivity index (χ4n) is 1.12. The van der Waals surface area contributed by atoms with E-state index in [4.69, 9.17) is 16.7 Å². The van der Waals surface area contributed by atoms with Gasteiger partial charge in [0.25, 0.3) is 0 Å². The van der Waals surface area contributed by atoms with Gasteiger partial charge in [0.15, 0.2) is 0 Å². The van der Waals surface area contributed by atoms with Gasteiger partial charge in [0.1, 0.15) is 0 Å². The predicted molar refractivity (Wildman–Crippen MR) is 78.8 cm³/mol. The lowest BCUT2D eigenvalue weighted by atomic mass is 10.1. The van der Waals surface area contributed by atoms with Gasteiger partial charge in [-0.05, 0) is 5.56 Å².